The molecule has 0 bridgehead atoms. The average Bonchev–Trinajstić information content (AvgIpc) is 2.39. The SMILES string of the molecule is CC(C)C1CCN(C2(CN)CCCSC2)CC1. The van der Waals surface area contributed by atoms with E-state index in [4.69, 9.17) is 5.73 Å². The molecule has 2 aliphatic heterocycles. The highest BCUT2D eigenvalue weighted by Crippen LogP contribution is 2.35. The second-order valence-electron chi connectivity index (χ2n) is 6.15. The molecular weight excluding hydrogens is 228 g/mol. The first-order chi connectivity index (χ1) is 8.18. The normalized spacial score (nSPS) is 33.2. The molecular formula is C14H28N2S. The van der Waals surface area contributed by atoms with Gasteiger partial charge in [0.2, 0.25) is 0 Å². The maximum absolute atomic E-state index is 6.11. The van der Waals surface area contributed by atoms with E-state index in [1.807, 2.05) is 0 Å². The minimum Gasteiger partial charge on any atom is -0.329 e. The zero-order valence-corrected chi connectivity index (χ0v) is 12.3. The van der Waals surface area contributed by atoms with Crippen molar-refractivity contribution in [2.24, 2.45) is 17.6 Å². The molecule has 100 valence electrons. The summed E-state index contributed by atoms with van der Waals surface area (Å²) in [5.74, 6) is 4.39. The lowest BCUT2D eigenvalue weighted by Crippen LogP contribution is -2.59. The molecule has 0 spiro atoms. The van der Waals surface area contributed by atoms with Crippen LogP contribution in [0.5, 0.6) is 0 Å². The third-order valence-electron chi connectivity index (χ3n) is 4.83. The van der Waals surface area contributed by atoms with E-state index in [0.717, 1.165) is 18.4 Å². The van der Waals surface area contributed by atoms with E-state index in [2.05, 4.69) is 30.5 Å². The zero-order chi connectivity index (χ0) is 12.3. The van der Waals surface area contributed by atoms with Crippen LogP contribution in [0, 0.1) is 11.8 Å². The molecule has 2 fully saturated rings. The Hall–Kier alpha value is 0.270. The molecule has 2 heterocycles. The van der Waals surface area contributed by atoms with Gasteiger partial charge in [-0.05, 0) is 56.4 Å². The molecule has 1 unspecified atom stereocenters. The van der Waals surface area contributed by atoms with Gasteiger partial charge in [0.25, 0.3) is 0 Å². The van der Waals surface area contributed by atoms with Crippen molar-refractivity contribution < 1.29 is 0 Å². The third-order valence-corrected chi connectivity index (χ3v) is 6.15. The van der Waals surface area contributed by atoms with Crippen molar-refractivity contribution in [3.05, 3.63) is 0 Å². The van der Waals surface area contributed by atoms with Gasteiger partial charge in [-0.2, -0.15) is 11.8 Å². The molecule has 0 saturated carbocycles. The molecule has 2 saturated heterocycles. The topological polar surface area (TPSA) is 29.3 Å². The second kappa shape index (κ2) is 5.94. The smallest absolute Gasteiger partial charge is 0.0422 e. The monoisotopic (exact) mass is 256 g/mol. The molecule has 2 rings (SSSR count). The maximum atomic E-state index is 6.11. The number of hydrogen-bond acceptors (Lipinski definition) is 3. The lowest BCUT2D eigenvalue weighted by atomic mass is 9.83. The van der Waals surface area contributed by atoms with Crippen LogP contribution in [-0.4, -0.2) is 41.6 Å². The Morgan fingerprint density at radius 1 is 1.35 bits per heavy atom. The van der Waals surface area contributed by atoms with E-state index < -0.39 is 0 Å². The number of nitrogens with zero attached hydrogens (tertiary/aromatic N) is 1. The molecule has 0 radical (unpaired) electrons. The molecule has 17 heavy (non-hydrogen) atoms. The molecule has 2 aliphatic rings. The summed E-state index contributed by atoms with van der Waals surface area (Å²) in [6, 6.07) is 0. The second-order valence-corrected chi connectivity index (χ2v) is 7.26. The van der Waals surface area contributed by atoms with Gasteiger partial charge in [-0.25, -0.2) is 0 Å². The summed E-state index contributed by atoms with van der Waals surface area (Å²) in [4.78, 5) is 2.72. The van der Waals surface area contributed by atoms with Crippen LogP contribution in [0.2, 0.25) is 0 Å². The fourth-order valence-electron chi connectivity index (χ4n) is 3.42. The first kappa shape index (κ1) is 13.7. The molecule has 2 N–H and O–H groups in total. The van der Waals surface area contributed by atoms with E-state index >= 15 is 0 Å². The summed E-state index contributed by atoms with van der Waals surface area (Å²) in [7, 11) is 0. The van der Waals surface area contributed by atoms with Gasteiger partial charge in [0.15, 0.2) is 0 Å². The van der Waals surface area contributed by atoms with Crippen LogP contribution in [0.3, 0.4) is 0 Å². The summed E-state index contributed by atoms with van der Waals surface area (Å²) >= 11 is 2.11. The average molecular weight is 256 g/mol. The van der Waals surface area contributed by atoms with Crippen LogP contribution in [0.15, 0.2) is 0 Å². The summed E-state index contributed by atoms with van der Waals surface area (Å²) in [5, 5.41) is 0. The van der Waals surface area contributed by atoms with Gasteiger partial charge in [0.1, 0.15) is 0 Å². The quantitative estimate of drug-likeness (QED) is 0.841. The minimum atomic E-state index is 0.338. The van der Waals surface area contributed by atoms with Gasteiger partial charge in [-0.3, -0.25) is 4.90 Å². The van der Waals surface area contributed by atoms with E-state index in [0.29, 0.717) is 5.54 Å². The molecule has 0 aliphatic carbocycles. The largest absolute Gasteiger partial charge is 0.329 e. The zero-order valence-electron chi connectivity index (χ0n) is 11.5. The minimum absolute atomic E-state index is 0.338. The van der Waals surface area contributed by atoms with Crippen molar-refractivity contribution in [1.82, 2.24) is 4.90 Å². The van der Waals surface area contributed by atoms with Crippen molar-refractivity contribution in [2.75, 3.05) is 31.1 Å². The van der Waals surface area contributed by atoms with Crippen LogP contribution >= 0.6 is 11.8 Å². The number of piperidine rings is 1. The Balaban J connectivity index is 1.93. The van der Waals surface area contributed by atoms with Gasteiger partial charge in [0, 0.05) is 17.8 Å². The lowest BCUT2D eigenvalue weighted by molar-refractivity contribution is 0.0527. The van der Waals surface area contributed by atoms with E-state index in [-0.39, 0.29) is 0 Å². The van der Waals surface area contributed by atoms with Gasteiger partial charge in [0.05, 0.1) is 0 Å². The predicted octanol–water partition coefficient (Wildman–Crippen LogP) is 2.58. The van der Waals surface area contributed by atoms with E-state index in [9.17, 15) is 0 Å². The molecule has 0 aromatic heterocycles. The van der Waals surface area contributed by atoms with Gasteiger partial charge in [-0.15, -0.1) is 0 Å². The van der Waals surface area contributed by atoms with Crippen molar-refractivity contribution in [1.29, 1.82) is 0 Å². The summed E-state index contributed by atoms with van der Waals surface area (Å²) in [5.41, 5.74) is 6.45. The van der Waals surface area contributed by atoms with Crippen LogP contribution in [0.1, 0.15) is 39.5 Å². The number of nitrogens with two attached hydrogens (primary N) is 1. The lowest BCUT2D eigenvalue weighted by Gasteiger charge is -2.49. The predicted molar refractivity (Wildman–Crippen MR) is 77.5 cm³/mol. The first-order valence-corrected chi connectivity index (χ1v) is 8.36. The van der Waals surface area contributed by atoms with Crippen LogP contribution in [0.4, 0.5) is 0 Å². The van der Waals surface area contributed by atoms with E-state index in [1.165, 1.54) is 50.3 Å². The Morgan fingerprint density at radius 3 is 2.53 bits per heavy atom. The molecule has 0 aromatic rings. The number of likely N-dealkylation sites (tertiary alicyclic amines) is 1. The van der Waals surface area contributed by atoms with Gasteiger partial charge >= 0.3 is 0 Å². The molecule has 2 nitrogen and oxygen atoms in total. The summed E-state index contributed by atoms with van der Waals surface area (Å²) in [6.07, 6.45) is 5.43. The van der Waals surface area contributed by atoms with Gasteiger partial charge < -0.3 is 5.73 Å². The van der Waals surface area contributed by atoms with Crippen molar-refractivity contribution in [3.63, 3.8) is 0 Å². The molecule has 1 atom stereocenters. The molecule has 3 heteroatoms. The van der Waals surface area contributed by atoms with Crippen molar-refractivity contribution >= 4 is 11.8 Å². The first-order valence-electron chi connectivity index (χ1n) is 7.21. The Morgan fingerprint density at radius 2 is 2.06 bits per heavy atom. The number of hydrogen-bond donors (Lipinski definition) is 1. The van der Waals surface area contributed by atoms with Gasteiger partial charge in [-0.1, -0.05) is 13.8 Å². The summed E-state index contributed by atoms with van der Waals surface area (Å²) < 4.78 is 0. The Labute approximate surface area is 111 Å². The summed E-state index contributed by atoms with van der Waals surface area (Å²) in [6.45, 7) is 8.15. The maximum Gasteiger partial charge on any atom is 0.0422 e. The fraction of sp³-hybridized carbons (Fsp3) is 1.00. The standard InChI is InChI=1S/C14H28N2S/c1-12(2)13-4-7-16(8-5-13)14(10-15)6-3-9-17-11-14/h12-13H,3-11,15H2,1-2H3. The van der Waals surface area contributed by atoms with Crippen LogP contribution in [0.25, 0.3) is 0 Å². The fourth-order valence-corrected chi connectivity index (χ4v) is 4.74. The highest BCUT2D eigenvalue weighted by atomic mass is 32.2. The highest BCUT2D eigenvalue weighted by molar-refractivity contribution is 7.99. The van der Waals surface area contributed by atoms with Crippen molar-refractivity contribution in [3.8, 4) is 0 Å². The van der Waals surface area contributed by atoms with E-state index in [1.54, 1.807) is 0 Å². The number of rotatable bonds is 3. The Bertz CT molecular complexity index is 228. The van der Waals surface area contributed by atoms with Crippen LogP contribution < -0.4 is 5.73 Å². The number of thioether (sulfide) groups is 1. The van der Waals surface area contributed by atoms with Crippen molar-refractivity contribution in [2.45, 2.75) is 45.1 Å². The Kier molecular flexibility index (Phi) is 4.79. The van der Waals surface area contributed by atoms with Crippen LogP contribution in [-0.2, 0) is 0 Å². The third kappa shape index (κ3) is 2.99. The highest BCUT2D eigenvalue weighted by Gasteiger charge is 2.38. The molecule has 0 amide bonds. The molecule has 0 aromatic carbocycles.